The molecule has 2 nitrogen and oxygen atoms in total. The first-order valence-electron chi connectivity index (χ1n) is 5.22. The second kappa shape index (κ2) is 4.27. The van der Waals surface area contributed by atoms with Gasteiger partial charge < -0.3 is 10.5 Å². The van der Waals surface area contributed by atoms with E-state index in [9.17, 15) is 0 Å². The summed E-state index contributed by atoms with van der Waals surface area (Å²) in [5.41, 5.74) is 10.1. The molecule has 2 heteroatoms. The predicted octanol–water partition coefficient (Wildman–Crippen LogP) is 3.25. The van der Waals surface area contributed by atoms with Gasteiger partial charge in [-0.15, -0.1) is 0 Å². The minimum atomic E-state index is 0.690. The van der Waals surface area contributed by atoms with Crippen LogP contribution in [-0.2, 0) is 0 Å². The summed E-state index contributed by atoms with van der Waals surface area (Å²) in [6.07, 6.45) is 0. The fourth-order valence-corrected chi connectivity index (χ4v) is 1.79. The number of hydrogen-bond acceptors (Lipinski definition) is 2. The van der Waals surface area contributed by atoms with E-state index in [4.69, 9.17) is 10.5 Å². The van der Waals surface area contributed by atoms with Crippen LogP contribution in [0.1, 0.15) is 5.56 Å². The number of hydrogen-bond donors (Lipinski definition) is 1. The van der Waals surface area contributed by atoms with Gasteiger partial charge in [-0.2, -0.15) is 0 Å². The third-order valence-corrected chi connectivity index (χ3v) is 2.62. The Morgan fingerprint density at radius 3 is 2.50 bits per heavy atom. The van der Waals surface area contributed by atoms with Gasteiger partial charge in [0.15, 0.2) is 0 Å². The highest BCUT2D eigenvalue weighted by molar-refractivity contribution is 5.80. The number of benzene rings is 2. The lowest BCUT2D eigenvalue weighted by Crippen LogP contribution is -1.95. The molecule has 0 bridgehead atoms. The van der Waals surface area contributed by atoms with E-state index in [-0.39, 0.29) is 0 Å². The summed E-state index contributed by atoms with van der Waals surface area (Å²) in [4.78, 5) is 0. The largest absolute Gasteiger partial charge is 0.495 e. The van der Waals surface area contributed by atoms with E-state index in [1.54, 1.807) is 7.11 Å². The van der Waals surface area contributed by atoms with Crippen molar-refractivity contribution in [2.75, 3.05) is 12.8 Å². The monoisotopic (exact) mass is 213 g/mol. The first kappa shape index (κ1) is 10.6. The molecule has 2 N–H and O–H groups in total. The van der Waals surface area contributed by atoms with E-state index in [1.807, 2.05) is 24.3 Å². The third kappa shape index (κ3) is 1.87. The Morgan fingerprint density at radius 1 is 1.06 bits per heavy atom. The molecule has 0 aliphatic rings. The zero-order valence-corrected chi connectivity index (χ0v) is 9.53. The molecule has 0 aromatic heterocycles. The number of para-hydroxylation sites is 1. The highest BCUT2D eigenvalue weighted by atomic mass is 16.5. The Morgan fingerprint density at radius 2 is 1.81 bits per heavy atom. The zero-order valence-electron chi connectivity index (χ0n) is 9.53. The molecule has 0 saturated heterocycles. The van der Waals surface area contributed by atoms with E-state index >= 15 is 0 Å². The van der Waals surface area contributed by atoms with Gasteiger partial charge in [-0.25, -0.2) is 0 Å². The van der Waals surface area contributed by atoms with Gasteiger partial charge in [-0.1, -0.05) is 42.0 Å². The molecule has 0 aliphatic heterocycles. The number of aryl methyl sites for hydroxylation is 1. The van der Waals surface area contributed by atoms with Gasteiger partial charge in [0.25, 0.3) is 0 Å². The summed E-state index contributed by atoms with van der Waals surface area (Å²) < 4.78 is 5.21. The van der Waals surface area contributed by atoms with Crippen LogP contribution >= 0.6 is 0 Å². The smallest absolute Gasteiger partial charge is 0.142 e. The lowest BCUT2D eigenvalue weighted by Gasteiger charge is -2.10. The molecule has 0 unspecified atom stereocenters. The number of ether oxygens (including phenoxy) is 1. The Hall–Kier alpha value is -1.96. The van der Waals surface area contributed by atoms with Crippen molar-refractivity contribution in [3.63, 3.8) is 0 Å². The first-order chi connectivity index (χ1) is 7.72. The Kier molecular flexibility index (Phi) is 2.82. The molecular weight excluding hydrogens is 198 g/mol. The molecule has 0 amide bonds. The van der Waals surface area contributed by atoms with Gasteiger partial charge in [-0.3, -0.25) is 0 Å². The van der Waals surface area contributed by atoms with Crippen molar-refractivity contribution in [2.24, 2.45) is 0 Å². The summed E-state index contributed by atoms with van der Waals surface area (Å²) in [5.74, 6) is 0.721. The number of nitrogens with two attached hydrogens (primary N) is 1. The van der Waals surface area contributed by atoms with Crippen molar-refractivity contribution >= 4 is 5.69 Å². The molecule has 0 atom stereocenters. The summed E-state index contributed by atoms with van der Waals surface area (Å²) in [5, 5.41) is 0. The summed E-state index contributed by atoms with van der Waals surface area (Å²) in [7, 11) is 1.63. The molecular formula is C14H15NO. The van der Waals surface area contributed by atoms with Crippen molar-refractivity contribution < 1.29 is 4.74 Å². The predicted molar refractivity (Wildman–Crippen MR) is 67.6 cm³/mol. The van der Waals surface area contributed by atoms with Gasteiger partial charge in [0.1, 0.15) is 5.75 Å². The van der Waals surface area contributed by atoms with E-state index in [0.717, 1.165) is 16.9 Å². The minimum absolute atomic E-state index is 0.690. The van der Waals surface area contributed by atoms with Crippen molar-refractivity contribution in [3.8, 4) is 16.9 Å². The van der Waals surface area contributed by atoms with Gasteiger partial charge >= 0.3 is 0 Å². The minimum Gasteiger partial charge on any atom is -0.495 e. The lowest BCUT2D eigenvalue weighted by molar-refractivity contribution is 0.417. The maximum Gasteiger partial charge on any atom is 0.142 e. The van der Waals surface area contributed by atoms with Crippen molar-refractivity contribution in [1.82, 2.24) is 0 Å². The lowest BCUT2D eigenvalue weighted by atomic mass is 10.0. The fourth-order valence-electron chi connectivity index (χ4n) is 1.79. The van der Waals surface area contributed by atoms with Crippen molar-refractivity contribution in [3.05, 3.63) is 48.0 Å². The molecule has 0 saturated carbocycles. The maximum atomic E-state index is 6.05. The quantitative estimate of drug-likeness (QED) is 0.777. The molecule has 0 radical (unpaired) electrons. The van der Waals surface area contributed by atoms with Gasteiger partial charge in [0.05, 0.1) is 12.8 Å². The van der Waals surface area contributed by atoms with Crippen LogP contribution in [0.2, 0.25) is 0 Å². The second-order valence-corrected chi connectivity index (χ2v) is 3.79. The Labute approximate surface area is 95.7 Å². The van der Waals surface area contributed by atoms with Crippen LogP contribution < -0.4 is 10.5 Å². The van der Waals surface area contributed by atoms with E-state index in [0.29, 0.717) is 5.69 Å². The van der Waals surface area contributed by atoms with Gasteiger partial charge in [0.2, 0.25) is 0 Å². The third-order valence-electron chi connectivity index (χ3n) is 2.62. The second-order valence-electron chi connectivity index (χ2n) is 3.79. The van der Waals surface area contributed by atoms with Crippen LogP contribution in [0.4, 0.5) is 5.69 Å². The molecule has 0 heterocycles. The van der Waals surface area contributed by atoms with Crippen molar-refractivity contribution in [2.45, 2.75) is 6.92 Å². The van der Waals surface area contributed by atoms with Crippen LogP contribution in [0, 0.1) is 6.92 Å². The molecule has 16 heavy (non-hydrogen) atoms. The summed E-state index contributed by atoms with van der Waals surface area (Å²) in [6, 6.07) is 14.1. The van der Waals surface area contributed by atoms with Crippen molar-refractivity contribution in [1.29, 1.82) is 0 Å². The number of methoxy groups -OCH3 is 1. The van der Waals surface area contributed by atoms with Crippen LogP contribution in [0.25, 0.3) is 11.1 Å². The summed E-state index contributed by atoms with van der Waals surface area (Å²) in [6.45, 7) is 2.07. The highest BCUT2D eigenvalue weighted by Crippen LogP contribution is 2.33. The van der Waals surface area contributed by atoms with E-state index in [2.05, 4.69) is 25.1 Å². The maximum absolute atomic E-state index is 6.05. The van der Waals surface area contributed by atoms with Gasteiger partial charge in [0, 0.05) is 5.56 Å². The normalized spacial score (nSPS) is 10.1. The topological polar surface area (TPSA) is 35.2 Å². The SMILES string of the molecule is COc1cccc(-c2cccc(C)c2)c1N. The standard InChI is InChI=1S/C14H15NO/c1-10-5-3-6-11(9-10)12-7-4-8-13(16-2)14(12)15/h3-9H,15H2,1-2H3. The molecule has 2 aromatic carbocycles. The van der Waals surface area contributed by atoms with Crippen LogP contribution in [0.3, 0.4) is 0 Å². The van der Waals surface area contributed by atoms with Crippen LogP contribution in [0.15, 0.2) is 42.5 Å². The fraction of sp³-hybridized carbons (Fsp3) is 0.143. The highest BCUT2D eigenvalue weighted by Gasteiger charge is 2.06. The molecule has 0 spiro atoms. The number of rotatable bonds is 2. The zero-order chi connectivity index (χ0) is 11.5. The number of nitrogen functional groups attached to an aromatic ring is 1. The van der Waals surface area contributed by atoms with E-state index in [1.165, 1.54) is 5.56 Å². The molecule has 2 aromatic rings. The first-order valence-corrected chi connectivity index (χ1v) is 5.22. The number of anilines is 1. The molecule has 82 valence electrons. The molecule has 2 rings (SSSR count). The Bertz CT molecular complexity index is 506. The van der Waals surface area contributed by atoms with Crippen LogP contribution in [-0.4, -0.2) is 7.11 Å². The Balaban J connectivity index is 2.56. The molecule has 0 fully saturated rings. The summed E-state index contributed by atoms with van der Waals surface area (Å²) >= 11 is 0. The molecule has 0 aliphatic carbocycles. The average Bonchev–Trinajstić information content (AvgIpc) is 2.29. The average molecular weight is 213 g/mol. The van der Waals surface area contributed by atoms with Gasteiger partial charge in [-0.05, 0) is 18.6 Å². The van der Waals surface area contributed by atoms with E-state index < -0.39 is 0 Å². The van der Waals surface area contributed by atoms with Crippen LogP contribution in [0.5, 0.6) is 5.75 Å².